The van der Waals surface area contributed by atoms with Crippen molar-refractivity contribution in [1.29, 1.82) is 0 Å². The summed E-state index contributed by atoms with van der Waals surface area (Å²) in [6.45, 7) is 7.46. The van der Waals surface area contributed by atoms with E-state index in [2.05, 4.69) is 47.6 Å². The van der Waals surface area contributed by atoms with Gasteiger partial charge < -0.3 is 10.4 Å². The largest absolute Gasteiger partial charge is 0.392 e. The summed E-state index contributed by atoms with van der Waals surface area (Å²) in [6, 6.07) is 5.80. The van der Waals surface area contributed by atoms with Crippen LogP contribution in [0.15, 0.2) is 48.3 Å². The number of imidazole rings is 1. The third kappa shape index (κ3) is 4.69. The number of nitrogens with one attached hydrogen (secondary N) is 1. The maximum Gasteiger partial charge on any atom is 0.223 e. The zero-order valence-electron chi connectivity index (χ0n) is 18.6. The zero-order valence-corrected chi connectivity index (χ0v) is 18.6. The monoisotopic (exact) mass is 417 g/mol. The van der Waals surface area contributed by atoms with Gasteiger partial charge in [0.1, 0.15) is 5.65 Å². The number of hydrogen-bond donors (Lipinski definition) is 2. The number of aliphatic hydroxyl groups is 1. The minimum atomic E-state index is -0.00323. The lowest BCUT2D eigenvalue weighted by molar-refractivity contribution is 0.282. The highest BCUT2D eigenvalue weighted by Gasteiger charge is 2.20. The van der Waals surface area contributed by atoms with Crippen molar-refractivity contribution >= 4 is 17.2 Å². The molecule has 1 aliphatic rings. The third-order valence-corrected chi connectivity index (χ3v) is 5.77. The van der Waals surface area contributed by atoms with E-state index in [0.29, 0.717) is 11.9 Å². The number of pyridine rings is 1. The number of nitrogens with zero attached hydrogens (tertiary/aromatic N) is 4. The van der Waals surface area contributed by atoms with Gasteiger partial charge in [0.05, 0.1) is 23.7 Å². The van der Waals surface area contributed by atoms with E-state index in [0.717, 1.165) is 60.5 Å². The van der Waals surface area contributed by atoms with Crippen molar-refractivity contribution in [2.24, 2.45) is 5.92 Å². The Kier molecular flexibility index (Phi) is 6.47. The van der Waals surface area contributed by atoms with Crippen molar-refractivity contribution in [3.05, 3.63) is 59.6 Å². The molecule has 0 bridgehead atoms. The predicted octanol–water partition coefficient (Wildman–Crippen LogP) is 5.26. The van der Waals surface area contributed by atoms with E-state index in [-0.39, 0.29) is 6.61 Å². The summed E-state index contributed by atoms with van der Waals surface area (Å²) < 4.78 is 2.06. The highest BCUT2D eigenvalue weighted by Crippen LogP contribution is 2.34. The van der Waals surface area contributed by atoms with Gasteiger partial charge in [-0.2, -0.15) is 0 Å². The van der Waals surface area contributed by atoms with Gasteiger partial charge in [-0.05, 0) is 60.9 Å². The summed E-state index contributed by atoms with van der Waals surface area (Å²) in [4.78, 5) is 14.2. The first kappa shape index (κ1) is 21.2. The first-order valence-corrected chi connectivity index (χ1v) is 11.2. The molecule has 31 heavy (non-hydrogen) atoms. The van der Waals surface area contributed by atoms with Crippen LogP contribution in [0.1, 0.15) is 57.7 Å². The van der Waals surface area contributed by atoms with Crippen LogP contribution in [0.25, 0.3) is 22.6 Å². The van der Waals surface area contributed by atoms with Crippen molar-refractivity contribution < 1.29 is 5.11 Å². The van der Waals surface area contributed by atoms with E-state index in [1.54, 1.807) is 6.20 Å². The van der Waals surface area contributed by atoms with Gasteiger partial charge in [-0.25, -0.2) is 15.0 Å². The third-order valence-electron chi connectivity index (χ3n) is 5.77. The molecule has 4 rings (SSSR count). The molecule has 3 heterocycles. The number of rotatable bonds is 8. The predicted molar refractivity (Wildman–Crippen MR) is 126 cm³/mol. The van der Waals surface area contributed by atoms with Gasteiger partial charge in [0.25, 0.3) is 0 Å². The fourth-order valence-electron chi connectivity index (χ4n) is 3.87. The molecule has 2 N–H and O–H groups in total. The highest BCUT2D eigenvalue weighted by atomic mass is 16.3. The van der Waals surface area contributed by atoms with Gasteiger partial charge in [-0.3, -0.25) is 4.40 Å². The maximum absolute atomic E-state index is 9.57. The van der Waals surface area contributed by atoms with E-state index in [9.17, 15) is 5.11 Å². The van der Waals surface area contributed by atoms with Gasteiger partial charge in [0.2, 0.25) is 5.95 Å². The smallest absolute Gasteiger partial charge is 0.223 e. The first-order valence-electron chi connectivity index (χ1n) is 11.2. The zero-order chi connectivity index (χ0) is 21.8. The van der Waals surface area contributed by atoms with Crippen molar-refractivity contribution in [2.75, 3.05) is 11.9 Å². The Bertz CT molecular complexity index is 1130. The van der Waals surface area contributed by atoms with Crippen LogP contribution >= 0.6 is 0 Å². The molecule has 3 aromatic rings. The van der Waals surface area contributed by atoms with Crippen molar-refractivity contribution in [2.45, 2.75) is 53.1 Å². The summed E-state index contributed by atoms with van der Waals surface area (Å²) in [5.41, 5.74) is 7.11. The Morgan fingerprint density at radius 3 is 2.74 bits per heavy atom. The van der Waals surface area contributed by atoms with Crippen molar-refractivity contribution in [3.8, 4) is 11.4 Å². The maximum atomic E-state index is 9.57. The Morgan fingerprint density at radius 2 is 2.03 bits per heavy atom. The van der Waals surface area contributed by atoms with Crippen LogP contribution < -0.4 is 5.32 Å². The second kappa shape index (κ2) is 9.43. The molecule has 0 spiro atoms. The Labute approximate surface area is 183 Å². The van der Waals surface area contributed by atoms with Crippen LogP contribution in [-0.4, -0.2) is 31.0 Å². The molecular weight excluding hydrogens is 386 g/mol. The molecule has 6 nitrogen and oxygen atoms in total. The second-order valence-corrected chi connectivity index (χ2v) is 8.48. The Balaban J connectivity index is 1.79. The lowest BCUT2D eigenvalue weighted by Gasteiger charge is -2.14. The Morgan fingerprint density at radius 1 is 1.16 bits per heavy atom. The average Bonchev–Trinajstić information content (AvgIpc) is 3.17. The summed E-state index contributed by atoms with van der Waals surface area (Å²) in [7, 11) is 0. The molecule has 0 saturated heterocycles. The van der Waals surface area contributed by atoms with E-state index in [1.165, 1.54) is 11.1 Å². The summed E-state index contributed by atoms with van der Waals surface area (Å²) in [5.74, 6) is 1.26. The summed E-state index contributed by atoms with van der Waals surface area (Å²) in [5, 5.41) is 12.9. The summed E-state index contributed by atoms with van der Waals surface area (Å²) in [6.07, 6.45) is 12.4. The molecule has 0 aliphatic heterocycles. The average molecular weight is 418 g/mol. The number of aromatic nitrogens is 4. The highest BCUT2D eigenvalue weighted by molar-refractivity contribution is 5.80. The fraction of sp³-hybridized carbons (Fsp3) is 0.400. The molecule has 0 fully saturated rings. The van der Waals surface area contributed by atoms with Crippen LogP contribution in [0.2, 0.25) is 0 Å². The molecule has 3 aromatic heterocycles. The molecule has 0 saturated carbocycles. The second-order valence-electron chi connectivity index (χ2n) is 8.48. The SMILES string of the molecule is CCC1=CC=C(c2nc3cc(CO)ccn3c2-c2ccnc(NCCC(C)C)n2)CC1. The lowest BCUT2D eigenvalue weighted by Crippen LogP contribution is -2.08. The van der Waals surface area contributed by atoms with E-state index in [1.807, 2.05) is 24.4 Å². The van der Waals surface area contributed by atoms with E-state index >= 15 is 0 Å². The fourth-order valence-corrected chi connectivity index (χ4v) is 3.87. The summed E-state index contributed by atoms with van der Waals surface area (Å²) >= 11 is 0. The van der Waals surface area contributed by atoms with Gasteiger partial charge in [-0.15, -0.1) is 0 Å². The molecule has 0 amide bonds. The van der Waals surface area contributed by atoms with Crippen LogP contribution in [0, 0.1) is 5.92 Å². The van der Waals surface area contributed by atoms with Gasteiger partial charge >= 0.3 is 0 Å². The molecule has 1 aliphatic carbocycles. The number of anilines is 1. The van der Waals surface area contributed by atoms with Crippen LogP contribution in [0.4, 0.5) is 5.95 Å². The first-order chi connectivity index (χ1) is 15.1. The van der Waals surface area contributed by atoms with Gasteiger partial charge in [0, 0.05) is 18.9 Å². The van der Waals surface area contributed by atoms with Crippen LogP contribution in [0.5, 0.6) is 0 Å². The molecule has 162 valence electrons. The molecule has 0 atom stereocenters. The minimum Gasteiger partial charge on any atom is -0.392 e. The number of hydrogen-bond acceptors (Lipinski definition) is 5. The molecular formula is C25H31N5O. The van der Waals surface area contributed by atoms with Crippen molar-refractivity contribution in [1.82, 2.24) is 19.4 Å². The van der Waals surface area contributed by atoms with E-state index in [4.69, 9.17) is 9.97 Å². The molecule has 6 heteroatoms. The standard InChI is InChI=1S/C25H31N5O/c1-4-18-5-7-20(8-6-18)23-24(30-14-11-19(16-31)15-22(30)29-23)21-10-13-27-25(28-21)26-12-9-17(2)3/h5,7,10-11,13-15,17,31H,4,6,8-9,12,16H2,1-3H3,(H,26,27,28). The topological polar surface area (TPSA) is 75.3 Å². The van der Waals surface area contributed by atoms with E-state index < -0.39 is 0 Å². The lowest BCUT2D eigenvalue weighted by atomic mass is 9.94. The van der Waals surface area contributed by atoms with Gasteiger partial charge in [0.15, 0.2) is 0 Å². The number of fused-ring (bicyclic) bond motifs is 1. The van der Waals surface area contributed by atoms with Crippen LogP contribution in [0.3, 0.4) is 0 Å². The normalized spacial score (nSPS) is 14.1. The van der Waals surface area contributed by atoms with Gasteiger partial charge in [-0.1, -0.05) is 38.5 Å². The molecule has 0 unspecified atom stereocenters. The Hall–Kier alpha value is -2.99. The van der Waals surface area contributed by atoms with Crippen molar-refractivity contribution in [3.63, 3.8) is 0 Å². The number of aliphatic hydroxyl groups excluding tert-OH is 1. The number of allylic oxidation sites excluding steroid dienone is 4. The quantitative estimate of drug-likeness (QED) is 0.523. The molecule has 0 aromatic carbocycles. The van der Waals surface area contributed by atoms with Crippen LogP contribution in [-0.2, 0) is 6.61 Å². The molecule has 0 radical (unpaired) electrons. The minimum absolute atomic E-state index is 0.00323.